The van der Waals surface area contributed by atoms with Gasteiger partial charge in [-0.15, -0.1) is 0 Å². The van der Waals surface area contributed by atoms with Crippen molar-refractivity contribution in [2.45, 2.75) is 26.3 Å². The van der Waals surface area contributed by atoms with Crippen LogP contribution < -0.4 is 10.6 Å². The van der Waals surface area contributed by atoms with Gasteiger partial charge in [0.15, 0.2) is 0 Å². The first-order valence-corrected chi connectivity index (χ1v) is 3.35. The molecule has 0 rings (SSSR count). The molecule has 4 heteroatoms. The second-order valence-corrected chi connectivity index (χ2v) is 2.15. The molecule has 0 aromatic carbocycles. The third-order valence-electron chi connectivity index (χ3n) is 1.23. The van der Waals surface area contributed by atoms with Crippen molar-refractivity contribution < 1.29 is 13.7 Å². The van der Waals surface area contributed by atoms with Crippen LogP contribution in [0.1, 0.15) is 24.4 Å². The third kappa shape index (κ3) is 3.60. The van der Waals surface area contributed by atoms with Gasteiger partial charge in [-0.2, -0.15) is 0 Å². The van der Waals surface area contributed by atoms with Crippen LogP contribution >= 0.6 is 0 Å². The van der Waals surface area contributed by atoms with Crippen LogP contribution in [-0.4, -0.2) is 24.8 Å². The van der Waals surface area contributed by atoms with E-state index in [4.69, 9.17) is 4.11 Å². The molecule has 4 nitrogen and oxygen atoms in total. The van der Waals surface area contributed by atoms with E-state index < -0.39 is 18.9 Å². The first-order chi connectivity index (χ1) is 6.26. The Morgan fingerprint density at radius 1 is 1.64 bits per heavy atom. The minimum Gasteiger partial charge on any atom is -0.357 e. The lowest BCUT2D eigenvalue weighted by molar-refractivity contribution is -0.127. The number of rotatable bonds is 3. The Bertz CT molecular complexity index is 227. The quantitative estimate of drug-likeness (QED) is 0.594. The fourth-order valence-electron chi connectivity index (χ4n) is 0.685. The molecule has 0 heterocycles. The standard InChI is InChI=1S/C7H14N2O2/c1-4-6(7(11)8-3)9-5(2)10/h6H,4H2,1-3H3,(H,8,11)(H,9,10)/i3D3. The second-order valence-electron chi connectivity index (χ2n) is 2.15. The Morgan fingerprint density at radius 2 is 2.27 bits per heavy atom. The van der Waals surface area contributed by atoms with E-state index in [1.54, 1.807) is 6.92 Å². The molecule has 0 aliphatic carbocycles. The molecule has 0 bridgehead atoms. The molecular weight excluding hydrogens is 144 g/mol. The van der Waals surface area contributed by atoms with E-state index in [-0.39, 0.29) is 5.91 Å². The molecule has 0 radical (unpaired) electrons. The van der Waals surface area contributed by atoms with Crippen molar-refractivity contribution in [1.29, 1.82) is 0 Å². The van der Waals surface area contributed by atoms with Gasteiger partial charge in [-0.25, -0.2) is 0 Å². The highest BCUT2D eigenvalue weighted by atomic mass is 16.2. The minimum atomic E-state index is -2.51. The highest BCUT2D eigenvalue weighted by molar-refractivity contribution is 5.86. The van der Waals surface area contributed by atoms with Crippen LogP contribution in [0.5, 0.6) is 0 Å². The highest BCUT2D eigenvalue weighted by Crippen LogP contribution is 1.89. The number of amides is 2. The largest absolute Gasteiger partial charge is 0.357 e. The Hall–Kier alpha value is -1.06. The van der Waals surface area contributed by atoms with Crippen molar-refractivity contribution >= 4 is 11.8 Å². The van der Waals surface area contributed by atoms with Crippen molar-refractivity contribution in [2.24, 2.45) is 0 Å². The molecule has 1 atom stereocenters. The summed E-state index contributed by atoms with van der Waals surface area (Å²) in [6.07, 6.45) is 0.349. The Balaban J connectivity index is 4.25. The molecule has 1 unspecified atom stereocenters. The van der Waals surface area contributed by atoms with Gasteiger partial charge in [0, 0.05) is 18.0 Å². The summed E-state index contributed by atoms with van der Waals surface area (Å²) in [6.45, 7) is 0.438. The number of nitrogens with one attached hydrogen (secondary N) is 2. The molecule has 11 heavy (non-hydrogen) atoms. The predicted octanol–water partition coefficient (Wildman–Crippen LogP) is -0.353. The van der Waals surface area contributed by atoms with Crippen LogP contribution in [0.3, 0.4) is 0 Å². The molecule has 0 saturated carbocycles. The van der Waals surface area contributed by atoms with Crippen LogP contribution in [-0.2, 0) is 9.59 Å². The number of likely N-dealkylation sites (N-methyl/N-ethyl adjacent to an activating group) is 1. The molecule has 0 aromatic rings. The van der Waals surface area contributed by atoms with E-state index in [9.17, 15) is 9.59 Å². The average Bonchev–Trinajstić information content (AvgIpc) is 1.96. The summed E-state index contributed by atoms with van der Waals surface area (Å²) < 4.78 is 20.4. The first-order valence-electron chi connectivity index (χ1n) is 4.85. The summed E-state index contributed by atoms with van der Waals surface area (Å²) in [5.41, 5.74) is 0. The molecule has 64 valence electrons. The van der Waals surface area contributed by atoms with Gasteiger partial charge in [0.25, 0.3) is 0 Å². The summed E-state index contributed by atoms with van der Waals surface area (Å²) in [5.74, 6) is -1.06. The van der Waals surface area contributed by atoms with Gasteiger partial charge in [0.05, 0.1) is 0 Å². The topological polar surface area (TPSA) is 58.2 Å². The predicted molar refractivity (Wildman–Crippen MR) is 42.0 cm³/mol. The zero-order valence-corrected chi connectivity index (χ0v) is 6.60. The van der Waals surface area contributed by atoms with E-state index in [1.807, 2.05) is 5.32 Å². The van der Waals surface area contributed by atoms with Crippen LogP contribution in [0.15, 0.2) is 0 Å². The fourth-order valence-corrected chi connectivity index (χ4v) is 0.685. The molecule has 2 amide bonds. The third-order valence-corrected chi connectivity index (χ3v) is 1.23. The summed E-state index contributed by atoms with van der Waals surface area (Å²) in [6, 6.07) is -0.784. The van der Waals surface area contributed by atoms with Crippen molar-refractivity contribution in [3.8, 4) is 0 Å². The van der Waals surface area contributed by atoms with E-state index >= 15 is 0 Å². The van der Waals surface area contributed by atoms with Gasteiger partial charge in [-0.1, -0.05) is 6.92 Å². The van der Waals surface area contributed by atoms with Gasteiger partial charge in [0.2, 0.25) is 11.8 Å². The maximum atomic E-state index is 11.2. The maximum absolute atomic E-state index is 11.2. The molecule has 0 aliphatic heterocycles. The molecule has 0 saturated heterocycles. The summed E-state index contributed by atoms with van der Waals surface area (Å²) in [5, 5.41) is 4.17. The van der Waals surface area contributed by atoms with Crippen LogP contribution in [0, 0.1) is 0 Å². The Morgan fingerprint density at radius 3 is 2.64 bits per heavy atom. The lowest BCUT2D eigenvalue weighted by Crippen LogP contribution is -2.44. The van der Waals surface area contributed by atoms with Crippen LogP contribution in [0.25, 0.3) is 0 Å². The smallest absolute Gasteiger partial charge is 0.242 e. The van der Waals surface area contributed by atoms with Crippen molar-refractivity contribution in [3.05, 3.63) is 0 Å². The van der Waals surface area contributed by atoms with E-state index in [0.29, 0.717) is 6.42 Å². The maximum Gasteiger partial charge on any atom is 0.242 e. The molecule has 2 N–H and O–H groups in total. The second kappa shape index (κ2) is 4.71. The number of carbonyl (C=O) groups excluding carboxylic acids is 2. The van der Waals surface area contributed by atoms with Gasteiger partial charge < -0.3 is 10.6 Å². The zero-order chi connectivity index (χ0) is 11.4. The summed E-state index contributed by atoms with van der Waals surface area (Å²) in [7, 11) is 0. The SMILES string of the molecule is [2H]C([2H])([2H])NC(=O)C(CC)NC(C)=O. The molecular formula is C7H14N2O2. The molecule has 0 aliphatic rings. The first kappa shape index (κ1) is 5.57. The monoisotopic (exact) mass is 161 g/mol. The fraction of sp³-hybridized carbons (Fsp3) is 0.714. The Kier molecular flexibility index (Phi) is 2.39. The average molecular weight is 161 g/mol. The van der Waals surface area contributed by atoms with Gasteiger partial charge in [0.1, 0.15) is 6.04 Å². The number of hydrogen-bond donors (Lipinski definition) is 2. The molecule has 0 aromatic heterocycles. The normalized spacial score (nSPS) is 17.1. The number of carbonyl (C=O) groups is 2. The van der Waals surface area contributed by atoms with Crippen molar-refractivity contribution in [1.82, 2.24) is 10.6 Å². The molecule has 0 fully saturated rings. The van der Waals surface area contributed by atoms with Gasteiger partial charge in [-0.05, 0) is 6.42 Å². The van der Waals surface area contributed by atoms with E-state index in [0.717, 1.165) is 0 Å². The van der Waals surface area contributed by atoms with Gasteiger partial charge >= 0.3 is 0 Å². The lowest BCUT2D eigenvalue weighted by Gasteiger charge is -2.13. The van der Waals surface area contributed by atoms with Crippen molar-refractivity contribution in [3.63, 3.8) is 0 Å². The van der Waals surface area contributed by atoms with Crippen molar-refractivity contribution in [2.75, 3.05) is 6.98 Å². The lowest BCUT2D eigenvalue weighted by atomic mass is 10.2. The summed E-state index contributed by atoms with van der Waals surface area (Å²) >= 11 is 0. The van der Waals surface area contributed by atoms with E-state index in [2.05, 4.69) is 5.32 Å². The number of hydrogen-bond acceptors (Lipinski definition) is 2. The summed E-state index contributed by atoms with van der Waals surface area (Å²) in [4.78, 5) is 21.9. The molecule has 0 spiro atoms. The minimum absolute atomic E-state index is 0.349. The zero-order valence-electron chi connectivity index (χ0n) is 9.60. The van der Waals surface area contributed by atoms with Gasteiger partial charge in [-0.3, -0.25) is 9.59 Å². The highest BCUT2D eigenvalue weighted by Gasteiger charge is 2.14. The van der Waals surface area contributed by atoms with Crippen LogP contribution in [0.2, 0.25) is 0 Å². The van der Waals surface area contributed by atoms with Crippen LogP contribution in [0.4, 0.5) is 0 Å². The Labute approximate surface area is 70.6 Å². The van der Waals surface area contributed by atoms with E-state index in [1.165, 1.54) is 6.92 Å².